The highest BCUT2D eigenvalue weighted by Gasteiger charge is 2.10. The summed E-state index contributed by atoms with van der Waals surface area (Å²) in [4.78, 5) is 11.6. The number of benzene rings is 1. The Morgan fingerprint density at radius 3 is 2.94 bits per heavy atom. The molecule has 1 atom stereocenters. The third-order valence-electron chi connectivity index (χ3n) is 1.96. The molecule has 0 aromatic heterocycles. The first-order valence-corrected chi connectivity index (χ1v) is 5.46. The molecule has 1 rings (SSSR count). The Kier molecular flexibility index (Phi) is 4.44. The lowest BCUT2D eigenvalue weighted by Gasteiger charge is -2.10. The number of nitriles is 1. The minimum absolute atomic E-state index is 0.221. The number of halogens is 2. The van der Waals surface area contributed by atoms with Gasteiger partial charge < -0.3 is 5.32 Å². The maximum atomic E-state index is 12.9. The highest BCUT2D eigenvalue weighted by molar-refractivity contribution is 9.10. The molecule has 0 radical (unpaired) electrons. The number of carbonyl (C=O) groups excluding carboxylic acids is 1. The summed E-state index contributed by atoms with van der Waals surface area (Å²) >= 11 is 3.00. The fraction of sp³-hybridized carbons (Fsp3) is 0.273. The van der Waals surface area contributed by atoms with Gasteiger partial charge in [-0.15, -0.1) is 0 Å². The highest BCUT2D eigenvalue weighted by atomic mass is 79.9. The molecular weight excluding hydrogens is 275 g/mol. The molecule has 0 heterocycles. The smallest absolute Gasteiger partial charge is 0.251 e. The van der Waals surface area contributed by atoms with Gasteiger partial charge in [-0.2, -0.15) is 5.26 Å². The molecule has 84 valence electrons. The van der Waals surface area contributed by atoms with Crippen molar-refractivity contribution in [2.45, 2.75) is 19.4 Å². The summed E-state index contributed by atoms with van der Waals surface area (Å²) in [5.41, 5.74) is 0.359. The van der Waals surface area contributed by atoms with Crippen LogP contribution in [0, 0.1) is 17.1 Å². The zero-order valence-corrected chi connectivity index (χ0v) is 10.2. The molecule has 16 heavy (non-hydrogen) atoms. The third-order valence-corrected chi connectivity index (χ3v) is 2.56. The molecule has 5 heteroatoms. The highest BCUT2D eigenvalue weighted by Crippen LogP contribution is 2.16. The van der Waals surface area contributed by atoms with Crippen molar-refractivity contribution in [3.63, 3.8) is 0 Å². The predicted molar refractivity (Wildman–Crippen MR) is 61.3 cm³/mol. The van der Waals surface area contributed by atoms with Crippen molar-refractivity contribution < 1.29 is 9.18 Å². The third kappa shape index (κ3) is 3.31. The maximum absolute atomic E-state index is 12.9. The van der Waals surface area contributed by atoms with E-state index in [9.17, 15) is 9.18 Å². The first-order chi connectivity index (χ1) is 7.54. The molecule has 3 nitrogen and oxygen atoms in total. The summed E-state index contributed by atoms with van der Waals surface area (Å²) in [6.07, 6.45) is 0.244. The van der Waals surface area contributed by atoms with E-state index in [2.05, 4.69) is 21.2 Å². The minimum Gasteiger partial charge on any atom is -0.349 e. The van der Waals surface area contributed by atoms with E-state index in [-0.39, 0.29) is 22.8 Å². The van der Waals surface area contributed by atoms with E-state index in [1.54, 1.807) is 6.92 Å². The van der Waals surface area contributed by atoms with Crippen LogP contribution in [0.3, 0.4) is 0 Å². The minimum atomic E-state index is -0.415. The van der Waals surface area contributed by atoms with Gasteiger partial charge in [0.05, 0.1) is 17.0 Å². The molecule has 0 fully saturated rings. The molecule has 0 aliphatic heterocycles. The predicted octanol–water partition coefficient (Wildman–Crippen LogP) is 2.62. The lowest BCUT2D eigenvalue weighted by Crippen LogP contribution is -2.32. The van der Waals surface area contributed by atoms with Crippen LogP contribution in [0.5, 0.6) is 0 Å². The van der Waals surface area contributed by atoms with Crippen molar-refractivity contribution in [2.24, 2.45) is 0 Å². The first-order valence-electron chi connectivity index (χ1n) is 4.67. The van der Waals surface area contributed by atoms with Gasteiger partial charge >= 0.3 is 0 Å². The van der Waals surface area contributed by atoms with E-state index in [1.807, 2.05) is 6.07 Å². The van der Waals surface area contributed by atoms with E-state index in [0.29, 0.717) is 5.56 Å². The quantitative estimate of drug-likeness (QED) is 0.928. The molecule has 0 aliphatic rings. The monoisotopic (exact) mass is 284 g/mol. The number of nitrogens with one attached hydrogen (secondary N) is 1. The van der Waals surface area contributed by atoms with E-state index < -0.39 is 5.82 Å². The van der Waals surface area contributed by atoms with Gasteiger partial charge in [-0.1, -0.05) is 0 Å². The Morgan fingerprint density at radius 1 is 1.69 bits per heavy atom. The standard InChI is InChI=1S/C11H10BrFN2O/c1-7(4-5-14)15-11(16)8-2-3-10(13)9(12)6-8/h2-3,6-7H,4H2,1H3,(H,15,16). The van der Waals surface area contributed by atoms with Crippen LogP contribution in [-0.4, -0.2) is 11.9 Å². The molecule has 1 amide bonds. The summed E-state index contributed by atoms with van der Waals surface area (Å²) in [5.74, 6) is -0.731. The Labute approximate surface area is 101 Å². The normalized spacial score (nSPS) is 11.6. The maximum Gasteiger partial charge on any atom is 0.251 e. The van der Waals surface area contributed by atoms with Gasteiger partial charge in [0.2, 0.25) is 0 Å². The second-order valence-corrected chi connectivity index (χ2v) is 4.22. The molecule has 0 bridgehead atoms. The van der Waals surface area contributed by atoms with Crippen molar-refractivity contribution in [3.05, 3.63) is 34.1 Å². The van der Waals surface area contributed by atoms with Gasteiger partial charge in [0.15, 0.2) is 0 Å². The van der Waals surface area contributed by atoms with Crippen LogP contribution in [0.25, 0.3) is 0 Å². The Balaban J connectivity index is 2.74. The summed E-state index contributed by atoms with van der Waals surface area (Å²) in [6, 6.07) is 5.76. The fourth-order valence-corrected chi connectivity index (χ4v) is 1.51. The number of hydrogen-bond donors (Lipinski definition) is 1. The molecule has 1 aromatic rings. The second-order valence-electron chi connectivity index (χ2n) is 3.37. The van der Waals surface area contributed by atoms with Crippen LogP contribution in [0.1, 0.15) is 23.7 Å². The lowest BCUT2D eigenvalue weighted by atomic mass is 10.2. The topological polar surface area (TPSA) is 52.9 Å². The molecule has 1 unspecified atom stereocenters. The molecule has 1 N–H and O–H groups in total. The van der Waals surface area contributed by atoms with Crippen LogP contribution in [0.2, 0.25) is 0 Å². The van der Waals surface area contributed by atoms with Gasteiger partial charge in [0.1, 0.15) is 5.82 Å². The molecule has 0 aliphatic carbocycles. The van der Waals surface area contributed by atoms with Gasteiger partial charge in [0.25, 0.3) is 5.91 Å². The summed E-state index contributed by atoms with van der Waals surface area (Å²) < 4.78 is 13.2. The zero-order chi connectivity index (χ0) is 12.1. The van der Waals surface area contributed by atoms with Gasteiger partial charge in [-0.25, -0.2) is 4.39 Å². The average molecular weight is 285 g/mol. The molecular formula is C11H10BrFN2O. The SMILES string of the molecule is CC(CC#N)NC(=O)c1ccc(F)c(Br)c1. The van der Waals surface area contributed by atoms with Crippen molar-refractivity contribution in [1.82, 2.24) is 5.32 Å². The lowest BCUT2D eigenvalue weighted by molar-refractivity contribution is 0.0940. The molecule has 0 saturated carbocycles. The number of nitrogens with zero attached hydrogens (tertiary/aromatic N) is 1. The van der Waals surface area contributed by atoms with E-state index in [4.69, 9.17) is 5.26 Å². The van der Waals surface area contributed by atoms with Crippen molar-refractivity contribution in [2.75, 3.05) is 0 Å². The van der Waals surface area contributed by atoms with E-state index in [1.165, 1.54) is 18.2 Å². The van der Waals surface area contributed by atoms with Crippen molar-refractivity contribution in [1.29, 1.82) is 5.26 Å². The summed E-state index contributed by atoms with van der Waals surface area (Å²) in [6.45, 7) is 1.74. The average Bonchev–Trinajstić information content (AvgIpc) is 2.22. The summed E-state index contributed by atoms with van der Waals surface area (Å²) in [5, 5.41) is 11.1. The Hall–Kier alpha value is -1.41. The first kappa shape index (κ1) is 12.7. The number of rotatable bonds is 3. The molecule has 0 spiro atoms. The van der Waals surface area contributed by atoms with Gasteiger partial charge in [0, 0.05) is 11.6 Å². The van der Waals surface area contributed by atoms with Crippen molar-refractivity contribution >= 4 is 21.8 Å². The number of hydrogen-bond acceptors (Lipinski definition) is 2. The number of amides is 1. The van der Waals surface area contributed by atoms with Crippen LogP contribution in [0.15, 0.2) is 22.7 Å². The van der Waals surface area contributed by atoms with Crippen molar-refractivity contribution in [3.8, 4) is 6.07 Å². The Morgan fingerprint density at radius 2 is 2.38 bits per heavy atom. The van der Waals surface area contributed by atoms with E-state index >= 15 is 0 Å². The number of carbonyl (C=O) groups is 1. The van der Waals surface area contributed by atoms with Gasteiger partial charge in [-0.3, -0.25) is 4.79 Å². The summed E-state index contributed by atoms with van der Waals surface area (Å²) in [7, 11) is 0. The zero-order valence-electron chi connectivity index (χ0n) is 8.63. The largest absolute Gasteiger partial charge is 0.349 e. The van der Waals surface area contributed by atoms with Crippen LogP contribution < -0.4 is 5.32 Å². The molecule has 0 saturated heterocycles. The fourth-order valence-electron chi connectivity index (χ4n) is 1.13. The van der Waals surface area contributed by atoms with E-state index in [0.717, 1.165) is 0 Å². The second kappa shape index (κ2) is 5.61. The Bertz CT molecular complexity index is 442. The van der Waals surface area contributed by atoms with Crippen LogP contribution in [0.4, 0.5) is 4.39 Å². The van der Waals surface area contributed by atoms with Gasteiger partial charge in [-0.05, 0) is 41.1 Å². The van der Waals surface area contributed by atoms with Crippen LogP contribution >= 0.6 is 15.9 Å². The molecule has 1 aromatic carbocycles. The van der Waals surface area contributed by atoms with Crippen LogP contribution in [-0.2, 0) is 0 Å².